The van der Waals surface area contributed by atoms with E-state index in [4.69, 9.17) is 14.4 Å². The Morgan fingerprint density at radius 3 is 1.40 bits per heavy atom. The lowest BCUT2D eigenvalue weighted by atomic mass is 9.66. The van der Waals surface area contributed by atoms with Crippen LogP contribution in [0, 0.1) is 0 Å². The van der Waals surface area contributed by atoms with Crippen molar-refractivity contribution in [3.63, 3.8) is 0 Å². The van der Waals surface area contributed by atoms with Crippen LogP contribution in [0.2, 0.25) is 0 Å². The first-order valence-corrected chi connectivity index (χ1v) is 23.3. The number of furan rings is 1. The summed E-state index contributed by atoms with van der Waals surface area (Å²) in [6.45, 7) is 0. The van der Waals surface area contributed by atoms with Crippen LogP contribution in [0.15, 0.2) is 247 Å². The molecule has 68 heavy (non-hydrogen) atoms. The van der Waals surface area contributed by atoms with E-state index < -0.39 is 5.41 Å². The summed E-state index contributed by atoms with van der Waals surface area (Å²) in [5.74, 6) is 0.637. The molecule has 0 saturated carbocycles. The number of hydrogen-bond donors (Lipinski definition) is 0. The standard InChI is InChI=1S/C65H40N2O/c1-3-18-41(19-4-1)44-36-45(42-20-5-2-6-21-42)38-46(37-44)64-66-60(40-61(67-64)54-29-17-28-53-52-27-12-16-33-62(52)68-63(53)54)43-34-35-59-55(39-43)48-23-8-7-22-47(48)49-24-9-13-30-56(49)65(59)57-31-14-10-25-50(57)51-26-11-15-32-58(51)65/h1-40H. The normalized spacial score (nSPS) is 12.8. The summed E-state index contributed by atoms with van der Waals surface area (Å²) in [6, 6.07) is 87.7. The Balaban J connectivity index is 1.05. The van der Waals surface area contributed by atoms with Gasteiger partial charge >= 0.3 is 0 Å². The number of benzene rings is 10. The molecule has 2 aliphatic carbocycles. The number of fused-ring (bicyclic) bond motifs is 15. The van der Waals surface area contributed by atoms with Crippen molar-refractivity contribution in [2.45, 2.75) is 5.41 Å². The van der Waals surface area contributed by atoms with Gasteiger partial charge in [-0.05, 0) is 120 Å². The fourth-order valence-corrected chi connectivity index (χ4v) is 11.4. The minimum Gasteiger partial charge on any atom is -0.455 e. The van der Waals surface area contributed by atoms with E-state index in [1.54, 1.807) is 0 Å². The molecule has 0 N–H and O–H groups in total. The zero-order chi connectivity index (χ0) is 44.8. The molecule has 3 heteroatoms. The molecular formula is C65H40N2O. The molecule has 0 amide bonds. The molecule has 14 rings (SSSR count). The Kier molecular flexibility index (Phi) is 8.50. The van der Waals surface area contributed by atoms with E-state index in [9.17, 15) is 0 Å². The van der Waals surface area contributed by atoms with E-state index in [0.29, 0.717) is 5.82 Å². The van der Waals surface area contributed by atoms with Crippen molar-refractivity contribution in [1.82, 2.24) is 9.97 Å². The van der Waals surface area contributed by atoms with Gasteiger partial charge in [-0.1, -0.05) is 200 Å². The molecule has 0 atom stereocenters. The highest BCUT2D eigenvalue weighted by Gasteiger charge is 2.49. The minimum absolute atomic E-state index is 0.568. The van der Waals surface area contributed by atoms with Crippen LogP contribution in [0.1, 0.15) is 22.3 Å². The number of hydrogen-bond acceptors (Lipinski definition) is 3. The minimum atomic E-state index is -0.568. The van der Waals surface area contributed by atoms with Crippen LogP contribution in [-0.2, 0) is 5.41 Å². The van der Waals surface area contributed by atoms with E-state index in [-0.39, 0.29) is 0 Å². The second-order valence-electron chi connectivity index (χ2n) is 18.0. The third-order valence-corrected chi connectivity index (χ3v) is 14.3. The largest absolute Gasteiger partial charge is 0.455 e. The van der Waals surface area contributed by atoms with E-state index in [1.165, 1.54) is 55.6 Å². The summed E-state index contributed by atoms with van der Waals surface area (Å²) >= 11 is 0. The first-order valence-electron chi connectivity index (χ1n) is 23.3. The van der Waals surface area contributed by atoms with Gasteiger partial charge in [0.05, 0.1) is 16.8 Å². The van der Waals surface area contributed by atoms with Crippen molar-refractivity contribution < 1.29 is 4.42 Å². The second kappa shape index (κ2) is 15.1. The van der Waals surface area contributed by atoms with E-state index in [2.05, 4.69) is 231 Å². The highest BCUT2D eigenvalue weighted by atomic mass is 16.3. The van der Waals surface area contributed by atoms with Gasteiger partial charge in [0.25, 0.3) is 0 Å². The van der Waals surface area contributed by atoms with Gasteiger partial charge < -0.3 is 4.42 Å². The fourth-order valence-electron chi connectivity index (χ4n) is 11.4. The van der Waals surface area contributed by atoms with Gasteiger partial charge in [0.15, 0.2) is 5.82 Å². The lowest BCUT2D eigenvalue weighted by Crippen LogP contribution is -2.29. The maximum absolute atomic E-state index is 6.69. The smallest absolute Gasteiger partial charge is 0.160 e. The quantitative estimate of drug-likeness (QED) is 0.173. The zero-order valence-electron chi connectivity index (χ0n) is 36.9. The predicted octanol–water partition coefficient (Wildman–Crippen LogP) is 16.7. The zero-order valence-corrected chi connectivity index (χ0v) is 36.9. The molecule has 10 aromatic carbocycles. The van der Waals surface area contributed by atoms with Crippen LogP contribution in [0.3, 0.4) is 0 Å². The van der Waals surface area contributed by atoms with Gasteiger partial charge in [0, 0.05) is 27.5 Å². The molecule has 12 aromatic rings. The second-order valence-corrected chi connectivity index (χ2v) is 18.0. The highest BCUT2D eigenvalue weighted by molar-refractivity contribution is 6.09. The van der Waals surface area contributed by atoms with Gasteiger partial charge in [0.1, 0.15) is 11.2 Å². The molecule has 2 aliphatic rings. The van der Waals surface area contributed by atoms with Gasteiger partial charge in [-0.3, -0.25) is 0 Å². The molecule has 0 aliphatic heterocycles. The Morgan fingerprint density at radius 1 is 0.279 bits per heavy atom. The highest BCUT2D eigenvalue weighted by Crippen LogP contribution is 2.61. The molecule has 2 heterocycles. The van der Waals surface area contributed by atoms with Crippen LogP contribution in [0.4, 0.5) is 0 Å². The Hall–Kier alpha value is -8.92. The summed E-state index contributed by atoms with van der Waals surface area (Å²) in [7, 11) is 0. The van der Waals surface area contributed by atoms with Crippen molar-refractivity contribution in [1.29, 1.82) is 0 Å². The monoisotopic (exact) mass is 864 g/mol. The first kappa shape index (κ1) is 38.4. The number of nitrogens with zero attached hydrogens (tertiary/aromatic N) is 2. The van der Waals surface area contributed by atoms with Crippen LogP contribution < -0.4 is 0 Å². The third kappa shape index (κ3) is 5.72. The topological polar surface area (TPSA) is 38.9 Å². The van der Waals surface area contributed by atoms with E-state index >= 15 is 0 Å². The van der Waals surface area contributed by atoms with Crippen molar-refractivity contribution >= 4 is 21.9 Å². The summed E-state index contributed by atoms with van der Waals surface area (Å²) in [4.78, 5) is 11.1. The van der Waals surface area contributed by atoms with Crippen molar-refractivity contribution in [3.8, 4) is 89.5 Å². The summed E-state index contributed by atoms with van der Waals surface area (Å²) in [5.41, 5.74) is 22.5. The molecule has 0 saturated heterocycles. The average molecular weight is 865 g/mol. The molecule has 2 aromatic heterocycles. The van der Waals surface area contributed by atoms with Crippen molar-refractivity contribution in [2.24, 2.45) is 0 Å². The predicted molar refractivity (Wildman–Crippen MR) is 278 cm³/mol. The molecule has 316 valence electrons. The third-order valence-electron chi connectivity index (χ3n) is 14.3. The summed E-state index contributed by atoms with van der Waals surface area (Å²) in [5, 5.41) is 2.14. The van der Waals surface area contributed by atoms with Crippen LogP contribution in [0.5, 0.6) is 0 Å². The van der Waals surface area contributed by atoms with Crippen molar-refractivity contribution in [2.75, 3.05) is 0 Å². The summed E-state index contributed by atoms with van der Waals surface area (Å²) in [6.07, 6.45) is 0. The van der Waals surface area contributed by atoms with Crippen LogP contribution in [0.25, 0.3) is 111 Å². The Bertz CT molecular complexity index is 3870. The van der Waals surface area contributed by atoms with Gasteiger partial charge in [-0.2, -0.15) is 0 Å². The van der Waals surface area contributed by atoms with Gasteiger partial charge in [-0.25, -0.2) is 9.97 Å². The molecule has 3 nitrogen and oxygen atoms in total. The molecule has 1 spiro atoms. The SMILES string of the molecule is c1ccc(-c2cc(-c3ccccc3)cc(-c3nc(-c4ccc5c(c4)-c4ccccc4-c4ccccc4C54c5ccccc5-c5ccccc54)cc(-c4cccc5c4oc4ccccc45)n3)c2)cc1. The summed E-state index contributed by atoms with van der Waals surface area (Å²) < 4.78 is 6.69. The fraction of sp³-hybridized carbons (Fsp3) is 0.0154. The Labute approximate surface area is 394 Å². The number of para-hydroxylation sites is 2. The van der Waals surface area contributed by atoms with Crippen LogP contribution in [-0.4, -0.2) is 9.97 Å². The van der Waals surface area contributed by atoms with Crippen molar-refractivity contribution in [3.05, 3.63) is 265 Å². The maximum atomic E-state index is 6.69. The molecule has 0 radical (unpaired) electrons. The first-order chi connectivity index (χ1) is 33.7. The lowest BCUT2D eigenvalue weighted by Gasteiger charge is -2.35. The maximum Gasteiger partial charge on any atom is 0.160 e. The van der Waals surface area contributed by atoms with Crippen LogP contribution >= 0.6 is 0 Å². The van der Waals surface area contributed by atoms with Gasteiger partial charge in [0.2, 0.25) is 0 Å². The Morgan fingerprint density at radius 2 is 0.750 bits per heavy atom. The molecular weight excluding hydrogens is 825 g/mol. The van der Waals surface area contributed by atoms with E-state index in [0.717, 1.165) is 72.3 Å². The number of rotatable bonds is 5. The van der Waals surface area contributed by atoms with E-state index in [1.807, 2.05) is 12.1 Å². The molecule has 0 fully saturated rings. The average Bonchev–Trinajstić information content (AvgIpc) is 3.92. The molecule has 0 unspecified atom stereocenters. The lowest BCUT2D eigenvalue weighted by molar-refractivity contribution is 0.670. The number of aromatic nitrogens is 2. The molecule has 0 bridgehead atoms. The van der Waals surface area contributed by atoms with Gasteiger partial charge in [-0.15, -0.1) is 0 Å².